The van der Waals surface area contributed by atoms with Crippen LogP contribution in [0, 0.1) is 23.1 Å². The third-order valence-corrected chi connectivity index (χ3v) is 4.13. The summed E-state index contributed by atoms with van der Waals surface area (Å²) in [6.45, 7) is 0.251. The average Bonchev–Trinajstić information content (AvgIpc) is 3.17. The van der Waals surface area contributed by atoms with Gasteiger partial charge in [-0.1, -0.05) is 31.0 Å². The first-order valence-corrected chi connectivity index (χ1v) is 7.46. The van der Waals surface area contributed by atoms with Crippen molar-refractivity contribution in [1.29, 1.82) is 5.26 Å². The molecule has 2 aromatic rings. The van der Waals surface area contributed by atoms with E-state index in [2.05, 4.69) is 11.1 Å². The smallest absolute Gasteiger partial charge is 0.139 e. The minimum absolute atomic E-state index is 0.235. The van der Waals surface area contributed by atoms with Crippen LogP contribution in [-0.2, 0) is 13.0 Å². The molecule has 0 bridgehead atoms. The van der Waals surface area contributed by atoms with Gasteiger partial charge in [0, 0.05) is 6.42 Å². The molecule has 1 aromatic carbocycles. The molecule has 1 fully saturated rings. The van der Waals surface area contributed by atoms with E-state index in [0.29, 0.717) is 23.6 Å². The second-order valence-corrected chi connectivity index (χ2v) is 6.16. The molecular weight excluding hydrogens is 281 g/mol. The molecule has 1 atom stereocenters. The van der Waals surface area contributed by atoms with Crippen LogP contribution in [0.3, 0.4) is 0 Å². The van der Waals surface area contributed by atoms with Gasteiger partial charge in [0.1, 0.15) is 17.6 Å². The maximum absolute atomic E-state index is 13.9. The zero-order valence-corrected chi connectivity index (χ0v) is 12.2. The number of aromatic nitrogens is 2. The second-order valence-electron chi connectivity index (χ2n) is 6.16. The van der Waals surface area contributed by atoms with Crippen molar-refractivity contribution in [2.24, 2.45) is 5.92 Å². The van der Waals surface area contributed by atoms with Gasteiger partial charge in [-0.15, -0.1) is 0 Å². The molecule has 0 aliphatic heterocycles. The van der Waals surface area contributed by atoms with E-state index in [1.54, 1.807) is 22.8 Å². The quantitative estimate of drug-likeness (QED) is 0.892. The van der Waals surface area contributed by atoms with E-state index >= 15 is 0 Å². The van der Waals surface area contributed by atoms with Crippen LogP contribution in [0.25, 0.3) is 0 Å². The van der Waals surface area contributed by atoms with Crippen molar-refractivity contribution >= 4 is 0 Å². The summed E-state index contributed by atoms with van der Waals surface area (Å²) in [6, 6.07) is 8.58. The maximum atomic E-state index is 13.9. The van der Waals surface area contributed by atoms with E-state index in [1.165, 1.54) is 18.6 Å². The highest BCUT2D eigenvalue weighted by Gasteiger charge is 2.36. The number of halogens is 1. The Hall–Kier alpha value is -2.19. The minimum atomic E-state index is -1.07. The number of hydrogen-bond donors (Lipinski definition) is 1. The fourth-order valence-corrected chi connectivity index (χ4v) is 2.91. The molecule has 0 amide bonds. The SMILES string of the molecule is N#Cc1cncn1CC(O)(Cc1ccccc1F)CC1CC1. The molecule has 5 heteroatoms. The molecule has 3 rings (SSSR count). The summed E-state index contributed by atoms with van der Waals surface area (Å²) in [4.78, 5) is 3.95. The molecule has 4 nitrogen and oxygen atoms in total. The third kappa shape index (κ3) is 3.34. The lowest BCUT2D eigenvalue weighted by Gasteiger charge is -2.29. The Morgan fingerprint density at radius 1 is 1.41 bits per heavy atom. The molecule has 1 aliphatic rings. The summed E-state index contributed by atoms with van der Waals surface area (Å²) in [7, 11) is 0. The van der Waals surface area contributed by atoms with Gasteiger partial charge in [-0.3, -0.25) is 0 Å². The zero-order valence-electron chi connectivity index (χ0n) is 12.2. The number of hydrogen-bond acceptors (Lipinski definition) is 3. The average molecular weight is 299 g/mol. The molecule has 1 unspecified atom stereocenters. The van der Waals surface area contributed by atoms with Crippen molar-refractivity contribution in [1.82, 2.24) is 9.55 Å². The van der Waals surface area contributed by atoms with Gasteiger partial charge in [0.15, 0.2) is 0 Å². The summed E-state index contributed by atoms with van der Waals surface area (Å²) in [6.07, 6.45) is 6.07. The molecule has 1 aliphatic carbocycles. The first kappa shape index (κ1) is 14.7. The van der Waals surface area contributed by atoms with E-state index in [0.717, 1.165) is 12.8 Å². The number of rotatable bonds is 6. The van der Waals surface area contributed by atoms with Crippen molar-refractivity contribution in [3.8, 4) is 6.07 Å². The third-order valence-electron chi connectivity index (χ3n) is 4.13. The molecule has 1 N–H and O–H groups in total. The zero-order chi connectivity index (χ0) is 15.6. The Morgan fingerprint density at radius 3 is 2.86 bits per heavy atom. The predicted molar refractivity (Wildman–Crippen MR) is 79.3 cm³/mol. The fourth-order valence-electron chi connectivity index (χ4n) is 2.91. The Labute approximate surface area is 128 Å². The molecule has 22 heavy (non-hydrogen) atoms. The highest BCUT2D eigenvalue weighted by molar-refractivity contribution is 5.21. The largest absolute Gasteiger partial charge is 0.388 e. The standard InChI is InChI=1S/C17H18FN3O/c18-16-4-2-1-3-14(16)8-17(22,7-13-5-6-13)11-21-12-20-10-15(21)9-19/h1-4,10,12-13,22H,5-8,11H2. The Balaban J connectivity index is 1.84. The van der Waals surface area contributed by atoms with Crippen molar-refractivity contribution < 1.29 is 9.50 Å². The molecular formula is C17H18FN3O. The van der Waals surface area contributed by atoms with Crippen LogP contribution in [0.2, 0.25) is 0 Å². The summed E-state index contributed by atoms with van der Waals surface area (Å²) >= 11 is 0. The second kappa shape index (κ2) is 5.90. The van der Waals surface area contributed by atoms with E-state index in [1.807, 2.05) is 0 Å². The summed E-state index contributed by atoms with van der Waals surface area (Å²) in [5, 5.41) is 20.1. The van der Waals surface area contributed by atoms with E-state index in [-0.39, 0.29) is 18.8 Å². The highest BCUT2D eigenvalue weighted by atomic mass is 19.1. The molecule has 0 spiro atoms. The number of nitrogens with zero attached hydrogens (tertiary/aromatic N) is 3. The number of nitriles is 1. The fraction of sp³-hybridized carbons (Fsp3) is 0.412. The molecule has 1 aromatic heterocycles. The van der Waals surface area contributed by atoms with Gasteiger partial charge >= 0.3 is 0 Å². The lowest BCUT2D eigenvalue weighted by Crippen LogP contribution is -2.37. The van der Waals surface area contributed by atoms with Gasteiger partial charge < -0.3 is 9.67 Å². The van der Waals surface area contributed by atoms with Crippen LogP contribution in [0.1, 0.15) is 30.5 Å². The topological polar surface area (TPSA) is 61.8 Å². The predicted octanol–water partition coefficient (Wildman–Crippen LogP) is 2.67. The van der Waals surface area contributed by atoms with Gasteiger partial charge in [0.25, 0.3) is 0 Å². The van der Waals surface area contributed by atoms with Gasteiger partial charge in [0.05, 0.1) is 24.7 Å². The van der Waals surface area contributed by atoms with Crippen LogP contribution < -0.4 is 0 Å². The Kier molecular flexibility index (Phi) is 3.95. The highest BCUT2D eigenvalue weighted by Crippen LogP contribution is 2.39. The van der Waals surface area contributed by atoms with Crippen LogP contribution in [0.15, 0.2) is 36.8 Å². The number of benzene rings is 1. The van der Waals surface area contributed by atoms with Gasteiger partial charge in [-0.25, -0.2) is 9.37 Å². The molecule has 0 radical (unpaired) electrons. The Morgan fingerprint density at radius 2 is 2.18 bits per heavy atom. The number of aliphatic hydroxyl groups is 1. The molecule has 0 saturated heterocycles. The summed E-state index contributed by atoms with van der Waals surface area (Å²) in [5.74, 6) is 0.189. The van der Waals surface area contributed by atoms with Crippen LogP contribution in [-0.4, -0.2) is 20.3 Å². The Bertz CT molecular complexity index is 696. The van der Waals surface area contributed by atoms with Crippen molar-refractivity contribution in [2.45, 2.75) is 37.8 Å². The van der Waals surface area contributed by atoms with Crippen molar-refractivity contribution in [2.75, 3.05) is 0 Å². The van der Waals surface area contributed by atoms with E-state index < -0.39 is 5.60 Å². The monoisotopic (exact) mass is 299 g/mol. The van der Waals surface area contributed by atoms with Crippen molar-refractivity contribution in [3.63, 3.8) is 0 Å². The molecule has 114 valence electrons. The molecule has 1 heterocycles. The van der Waals surface area contributed by atoms with Crippen LogP contribution >= 0.6 is 0 Å². The first-order valence-electron chi connectivity index (χ1n) is 7.46. The van der Waals surface area contributed by atoms with Gasteiger partial charge in [-0.2, -0.15) is 5.26 Å². The lowest BCUT2D eigenvalue weighted by atomic mass is 9.88. The van der Waals surface area contributed by atoms with Crippen LogP contribution in [0.4, 0.5) is 4.39 Å². The van der Waals surface area contributed by atoms with Gasteiger partial charge in [-0.05, 0) is 24.0 Å². The minimum Gasteiger partial charge on any atom is -0.388 e. The first-order chi connectivity index (χ1) is 10.6. The summed E-state index contributed by atoms with van der Waals surface area (Å²) in [5.41, 5.74) is -0.164. The number of imidazole rings is 1. The summed E-state index contributed by atoms with van der Waals surface area (Å²) < 4.78 is 15.6. The normalized spacial score (nSPS) is 17.0. The van der Waals surface area contributed by atoms with E-state index in [9.17, 15) is 9.50 Å². The maximum Gasteiger partial charge on any atom is 0.139 e. The van der Waals surface area contributed by atoms with Gasteiger partial charge in [0.2, 0.25) is 0 Å². The lowest BCUT2D eigenvalue weighted by molar-refractivity contribution is 0.00828. The van der Waals surface area contributed by atoms with Crippen molar-refractivity contribution in [3.05, 3.63) is 53.9 Å². The molecule has 1 saturated carbocycles. The van der Waals surface area contributed by atoms with Crippen LogP contribution in [0.5, 0.6) is 0 Å². The van der Waals surface area contributed by atoms with E-state index in [4.69, 9.17) is 5.26 Å².